The lowest BCUT2D eigenvalue weighted by atomic mass is 9.88. The highest BCUT2D eigenvalue weighted by Crippen LogP contribution is 2.48. The van der Waals surface area contributed by atoms with Gasteiger partial charge in [-0.3, -0.25) is 0 Å². The third-order valence-corrected chi connectivity index (χ3v) is 12.6. The van der Waals surface area contributed by atoms with Crippen LogP contribution in [-0.2, 0) is 0 Å². The fraction of sp³-hybridized carbons (Fsp3) is 0.133. The van der Waals surface area contributed by atoms with Gasteiger partial charge in [0.1, 0.15) is 23.0 Å². The molecule has 0 spiro atoms. The van der Waals surface area contributed by atoms with E-state index in [-0.39, 0.29) is 23.7 Å². The molecule has 64 heavy (non-hydrogen) atoms. The van der Waals surface area contributed by atoms with Crippen molar-refractivity contribution < 1.29 is 19.7 Å². The van der Waals surface area contributed by atoms with Crippen LogP contribution in [-0.4, -0.2) is 22.4 Å². The summed E-state index contributed by atoms with van der Waals surface area (Å²) in [5.41, 5.74) is 8.89. The summed E-state index contributed by atoms with van der Waals surface area (Å²) < 4.78 is 13.4. The summed E-state index contributed by atoms with van der Waals surface area (Å²) in [6, 6.07) is 62.2. The van der Waals surface area contributed by atoms with Gasteiger partial charge in [-0.1, -0.05) is 133 Å². The summed E-state index contributed by atoms with van der Waals surface area (Å²) in [6.45, 7) is 8.34. The Morgan fingerprint density at radius 3 is 1.02 bits per heavy atom. The molecule has 10 aromatic rings. The molecule has 0 saturated carbocycles. The van der Waals surface area contributed by atoms with Crippen LogP contribution in [0.1, 0.15) is 37.8 Å². The number of hydrogen-bond acceptors (Lipinski definition) is 4. The molecular weight excluding hydrogens is 785 g/mol. The Morgan fingerprint density at radius 1 is 0.359 bits per heavy atom. The van der Waals surface area contributed by atoms with Crippen molar-refractivity contribution in [1.82, 2.24) is 0 Å². The highest BCUT2D eigenvalue weighted by molar-refractivity contribution is 6.15. The molecule has 0 aliphatic carbocycles. The van der Waals surface area contributed by atoms with Crippen molar-refractivity contribution >= 4 is 43.1 Å². The van der Waals surface area contributed by atoms with Gasteiger partial charge in [0, 0.05) is 44.5 Å². The summed E-state index contributed by atoms with van der Waals surface area (Å²) in [6.07, 6.45) is 1.18. The van der Waals surface area contributed by atoms with E-state index in [1.165, 1.54) is 0 Å². The second kappa shape index (κ2) is 17.0. The molecule has 0 aliphatic heterocycles. The van der Waals surface area contributed by atoms with Crippen molar-refractivity contribution in [2.75, 3.05) is 0 Å². The van der Waals surface area contributed by atoms with Gasteiger partial charge in [0.05, 0.1) is 12.2 Å². The summed E-state index contributed by atoms with van der Waals surface area (Å²) in [4.78, 5) is 0. The highest BCUT2D eigenvalue weighted by Gasteiger charge is 2.23. The van der Waals surface area contributed by atoms with Gasteiger partial charge in [0.25, 0.3) is 0 Å². The van der Waals surface area contributed by atoms with Crippen LogP contribution in [0.4, 0.5) is 0 Å². The molecule has 10 rings (SSSR count). The minimum Gasteiger partial charge on any atom is -0.507 e. The van der Waals surface area contributed by atoms with Crippen molar-refractivity contribution in [3.8, 4) is 67.5 Å². The number of phenolic OH excluding ortho intramolecular Hbond substituents is 2. The molecule has 0 amide bonds. The quantitative estimate of drug-likeness (QED) is 0.127. The maximum absolute atomic E-state index is 12.2. The van der Waals surface area contributed by atoms with Crippen LogP contribution in [0.5, 0.6) is 23.0 Å². The lowest BCUT2D eigenvalue weighted by Crippen LogP contribution is -2.18. The maximum Gasteiger partial charge on any atom is 0.131 e. The molecule has 4 heteroatoms. The Morgan fingerprint density at radius 2 is 0.656 bits per heavy atom. The number of aromatic hydroxyl groups is 2. The Bertz CT molecular complexity index is 3050. The maximum atomic E-state index is 12.2. The zero-order valence-electron chi connectivity index (χ0n) is 36.6. The first kappa shape index (κ1) is 40.5. The molecule has 314 valence electrons. The summed E-state index contributed by atoms with van der Waals surface area (Å²) >= 11 is 0. The van der Waals surface area contributed by atoms with E-state index in [0.29, 0.717) is 11.5 Å². The van der Waals surface area contributed by atoms with E-state index in [2.05, 4.69) is 149 Å². The van der Waals surface area contributed by atoms with Crippen LogP contribution in [0.15, 0.2) is 182 Å². The molecule has 0 heterocycles. The van der Waals surface area contributed by atoms with E-state index in [1.807, 2.05) is 60.7 Å². The van der Waals surface area contributed by atoms with Gasteiger partial charge in [0.2, 0.25) is 0 Å². The van der Waals surface area contributed by atoms with Gasteiger partial charge in [-0.15, -0.1) is 0 Å². The van der Waals surface area contributed by atoms with Crippen molar-refractivity contribution in [3.05, 3.63) is 193 Å². The Labute approximate surface area is 374 Å². The van der Waals surface area contributed by atoms with E-state index in [4.69, 9.17) is 9.47 Å². The van der Waals surface area contributed by atoms with Crippen LogP contribution in [0.3, 0.4) is 0 Å². The lowest BCUT2D eigenvalue weighted by Gasteiger charge is -2.22. The number of aryl methyl sites for hydroxylation is 2. The third-order valence-electron chi connectivity index (χ3n) is 12.6. The number of rotatable bonds is 11. The molecule has 0 aromatic heterocycles. The average Bonchev–Trinajstić information content (AvgIpc) is 3.31. The summed E-state index contributed by atoms with van der Waals surface area (Å²) in [5, 5.41) is 33.4. The van der Waals surface area contributed by atoms with Gasteiger partial charge in [-0.2, -0.15) is 0 Å². The van der Waals surface area contributed by atoms with Crippen molar-refractivity contribution in [3.63, 3.8) is 0 Å². The zero-order valence-corrected chi connectivity index (χ0v) is 36.6. The molecule has 0 radical (unpaired) electrons. The van der Waals surface area contributed by atoms with Gasteiger partial charge in [0.15, 0.2) is 0 Å². The fourth-order valence-corrected chi connectivity index (χ4v) is 9.56. The largest absolute Gasteiger partial charge is 0.507 e. The van der Waals surface area contributed by atoms with E-state index < -0.39 is 0 Å². The van der Waals surface area contributed by atoms with Crippen LogP contribution < -0.4 is 9.47 Å². The first-order chi connectivity index (χ1) is 31.2. The minimum absolute atomic E-state index is 0.144. The van der Waals surface area contributed by atoms with E-state index >= 15 is 0 Å². The first-order valence-electron chi connectivity index (χ1n) is 22.2. The standard InChI is InChI=1S/C60H50O4/c1-37-31-51(59(61)53(33-37)57-45-21-9-5-17-41(45)35-42-18-6-10-22-46(42)57)49-25-13-15-27-55(49)63-39(3)29-30-40(4)64-56-28-16-14-26-50(56)52-32-38(2)34-54(60(52)62)58-47-23-11-7-19-43(47)36-44-20-8-12-24-48(44)58/h5-28,31-36,39-40,61-62H,29-30H2,1-4H3/t39-,40?/m1/s1. The first-order valence-corrected chi connectivity index (χ1v) is 22.2. The Hall–Kier alpha value is -7.56. The molecule has 0 bridgehead atoms. The zero-order chi connectivity index (χ0) is 43.9. The SMILES string of the molecule is Cc1cc(-c2ccccc2OC(C)CC[C@@H](C)Oc2ccccc2-c2cc(C)cc(-c3c4ccccc4cc4ccccc34)c2O)c(O)c(-c2c3ccccc3cc3ccccc23)c1. The van der Waals surface area contributed by atoms with Crippen molar-refractivity contribution in [1.29, 1.82) is 0 Å². The Balaban J connectivity index is 0.906. The number of hydrogen-bond donors (Lipinski definition) is 2. The molecule has 0 aliphatic rings. The van der Waals surface area contributed by atoms with Crippen LogP contribution in [0.2, 0.25) is 0 Å². The predicted molar refractivity (Wildman–Crippen MR) is 267 cm³/mol. The van der Waals surface area contributed by atoms with Gasteiger partial charge >= 0.3 is 0 Å². The number of ether oxygens (including phenoxy) is 2. The number of para-hydroxylation sites is 2. The lowest BCUT2D eigenvalue weighted by molar-refractivity contribution is 0.161. The molecular formula is C60H50O4. The van der Waals surface area contributed by atoms with Crippen molar-refractivity contribution in [2.24, 2.45) is 0 Å². The van der Waals surface area contributed by atoms with E-state index in [1.54, 1.807) is 0 Å². The fourth-order valence-electron chi connectivity index (χ4n) is 9.56. The second-order valence-electron chi connectivity index (χ2n) is 17.2. The molecule has 2 atom stereocenters. The number of benzene rings is 10. The molecule has 0 fully saturated rings. The van der Waals surface area contributed by atoms with Crippen LogP contribution in [0.25, 0.3) is 87.6 Å². The minimum atomic E-state index is -0.144. The molecule has 2 N–H and O–H groups in total. The van der Waals surface area contributed by atoms with Gasteiger partial charge < -0.3 is 19.7 Å². The number of phenols is 2. The molecule has 0 saturated heterocycles. The summed E-state index contributed by atoms with van der Waals surface area (Å²) in [7, 11) is 0. The van der Waals surface area contributed by atoms with Crippen molar-refractivity contribution in [2.45, 2.75) is 52.7 Å². The van der Waals surface area contributed by atoms with Gasteiger partial charge in [-0.25, -0.2) is 0 Å². The summed E-state index contributed by atoms with van der Waals surface area (Å²) in [5.74, 6) is 1.89. The smallest absolute Gasteiger partial charge is 0.131 e. The van der Waals surface area contributed by atoms with E-state index in [0.717, 1.165) is 112 Å². The molecule has 1 unspecified atom stereocenters. The monoisotopic (exact) mass is 834 g/mol. The topological polar surface area (TPSA) is 58.9 Å². The van der Waals surface area contributed by atoms with Gasteiger partial charge in [-0.05, 0) is 143 Å². The number of fused-ring (bicyclic) bond motifs is 4. The second-order valence-corrected chi connectivity index (χ2v) is 17.2. The highest BCUT2D eigenvalue weighted by atomic mass is 16.5. The average molecular weight is 835 g/mol. The third kappa shape index (κ3) is 7.56. The van der Waals surface area contributed by atoms with E-state index in [9.17, 15) is 10.2 Å². The van der Waals surface area contributed by atoms with Crippen LogP contribution in [0, 0.1) is 13.8 Å². The molecule has 4 nitrogen and oxygen atoms in total. The molecule has 10 aromatic carbocycles. The Kier molecular flexibility index (Phi) is 10.7. The van der Waals surface area contributed by atoms with Crippen LogP contribution >= 0.6 is 0 Å². The normalized spacial score (nSPS) is 12.5. The predicted octanol–water partition coefficient (Wildman–Crippen LogP) is 16.0.